The standard InChI is InChI=1S/C12H15N3O/c1-14-7-8-15(12(14)16)9-11(13)10-5-3-2-4-6-10/h2-8,11H,9,13H2,1H3. The monoisotopic (exact) mass is 217 g/mol. The number of hydrogen-bond acceptors (Lipinski definition) is 2. The van der Waals surface area contributed by atoms with Crippen LogP contribution in [-0.2, 0) is 13.6 Å². The van der Waals surface area contributed by atoms with E-state index in [-0.39, 0.29) is 11.7 Å². The molecule has 0 bridgehead atoms. The van der Waals surface area contributed by atoms with Crippen molar-refractivity contribution in [3.63, 3.8) is 0 Å². The summed E-state index contributed by atoms with van der Waals surface area (Å²) in [6.45, 7) is 0.504. The summed E-state index contributed by atoms with van der Waals surface area (Å²) in [5.74, 6) is 0. The Morgan fingerprint density at radius 3 is 2.50 bits per heavy atom. The van der Waals surface area contributed by atoms with Gasteiger partial charge in [-0.25, -0.2) is 4.79 Å². The van der Waals surface area contributed by atoms with Crippen molar-refractivity contribution in [1.29, 1.82) is 0 Å². The normalized spacial score (nSPS) is 12.6. The van der Waals surface area contributed by atoms with E-state index in [0.29, 0.717) is 6.54 Å². The lowest BCUT2D eigenvalue weighted by molar-refractivity contribution is 0.554. The van der Waals surface area contributed by atoms with Gasteiger partial charge in [0.15, 0.2) is 0 Å². The van der Waals surface area contributed by atoms with Crippen LogP contribution in [-0.4, -0.2) is 9.13 Å². The van der Waals surface area contributed by atoms with Gasteiger partial charge in [-0.2, -0.15) is 0 Å². The van der Waals surface area contributed by atoms with Crippen molar-refractivity contribution < 1.29 is 0 Å². The van der Waals surface area contributed by atoms with E-state index in [2.05, 4.69) is 0 Å². The average Bonchev–Trinajstić information content (AvgIpc) is 2.62. The molecule has 0 aliphatic heterocycles. The van der Waals surface area contributed by atoms with Gasteiger partial charge in [-0.15, -0.1) is 0 Å². The molecule has 0 amide bonds. The molecular formula is C12H15N3O. The molecule has 2 rings (SSSR count). The summed E-state index contributed by atoms with van der Waals surface area (Å²) in [4.78, 5) is 11.6. The summed E-state index contributed by atoms with van der Waals surface area (Å²) in [6, 6.07) is 9.63. The minimum absolute atomic E-state index is 0.0358. The van der Waals surface area contributed by atoms with Gasteiger partial charge in [0.2, 0.25) is 0 Å². The molecule has 0 aliphatic carbocycles. The number of benzene rings is 1. The van der Waals surface area contributed by atoms with Crippen molar-refractivity contribution in [3.8, 4) is 0 Å². The van der Waals surface area contributed by atoms with E-state index < -0.39 is 0 Å². The van der Waals surface area contributed by atoms with Crippen LogP contribution >= 0.6 is 0 Å². The van der Waals surface area contributed by atoms with Gasteiger partial charge in [0.25, 0.3) is 0 Å². The molecule has 0 aliphatic rings. The Labute approximate surface area is 93.9 Å². The first-order valence-electron chi connectivity index (χ1n) is 5.21. The molecule has 1 atom stereocenters. The van der Waals surface area contributed by atoms with Crippen LogP contribution in [0.2, 0.25) is 0 Å². The maximum atomic E-state index is 11.6. The summed E-state index contributed by atoms with van der Waals surface area (Å²) in [7, 11) is 1.73. The first-order valence-corrected chi connectivity index (χ1v) is 5.21. The number of imidazole rings is 1. The van der Waals surface area contributed by atoms with Crippen LogP contribution in [0.5, 0.6) is 0 Å². The molecule has 4 heteroatoms. The zero-order chi connectivity index (χ0) is 11.5. The van der Waals surface area contributed by atoms with Gasteiger partial charge in [0.05, 0.1) is 0 Å². The predicted molar refractivity (Wildman–Crippen MR) is 63.0 cm³/mol. The molecule has 16 heavy (non-hydrogen) atoms. The number of nitrogens with zero attached hydrogens (tertiary/aromatic N) is 2. The first-order chi connectivity index (χ1) is 7.68. The van der Waals surface area contributed by atoms with E-state index in [9.17, 15) is 4.79 Å². The lowest BCUT2D eigenvalue weighted by Gasteiger charge is -2.11. The van der Waals surface area contributed by atoms with Gasteiger partial charge in [-0.3, -0.25) is 4.57 Å². The SMILES string of the molecule is Cn1ccn(CC(N)c2ccccc2)c1=O. The second kappa shape index (κ2) is 4.37. The molecule has 1 heterocycles. The van der Waals surface area contributed by atoms with Crippen LogP contribution in [0.1, 0.15) is 11.6 Å². The van der Waals surface area contributed by atoms with E-state index in [1.165, 1.54) is 4.57 Å². The smallest absolute Gasteiger partial charge is 0.322 e. The first kappa shape index (κ1) is 10.7. The Bertz CT molecular complexity index is 513. The highest BCUT2D eigenvalue weighted by atomic mass is 16.1. The van der Waals surface area contributed by atoms with Gasteiger partial charge >= 0.3 is 5.69 Å². The van der Waals surface area contributed by atoms with Gasteiger partial charge in [-0.1, -0.05) is 30.3 Å². The zero-order valence-electron chi connectivity index (χ0n) is 9.21. The molecule has 2 aromatic rings. The Morgan fingerprint density at radius 1 is 1.25 bits per heavy atom. The minimum Gasteiger partial charge on any atom is -0.322 e. The molecule has 1 unspecified atom stereocenters. The highest BCUT2D eigenvalue weighted by molar-refractivity contribution is 5.18. The number of aryl methyl sites for hydroxylation is 1. The highest BCUT2D eigenvalue weighted by Crippen LogP contribution is 2.10. The van der Waals surface area contributed by atoms with E-state index in [1.807, 2.05) is 30.3 Å². The number of aromatic nitrogens is 2. The van der Waals surface area contributed by atoms with Crippen molar-refractivity contribution in [2.24, 2.45) is 12.8 Å². The van der Waals surface area contributed by atoms with Crippen LogP contribution in [0.3, 0.4) is 0 Å². The topological polar surface area (TPSA) is 52.9 Å². The third-order valence-electron chi connectivity index (χ3n) is 2.64. The van der Waals surface area contributed by atoms with E-state index in [1.54, 1.807) is 24.0 Å². The van der Waals surface area contributed by atoms with Crippen LogP contribution in [0.25, 0.3) is 0 Å². The molecule has 4 nitrogen and oxygen atoms in total. The number of nitrogens with two attached hydrogens (primary N) is 1. The van der Waals surface area contributed by atoms with Crippen molar-refractivity contribution in [2.45, 2.75) is 12.6 Å². The van der Waals surface area contributed by atoms with Crippen LogP contribution in [0, 0.1) is 0 Å². The van der Waals surface area contributed by atoms with Crippen LogP contribution < -0.4 is 11.4 Å². The molecule has 0 fully saturated rings. The summed E-state index contributed by atoms with van der Waals surface area (Å²) < 4.78 is 3.16. The third-order valence-corrected chi connectivity index (χ3v) is 2.64. The molecular weight excluding hydrogens is 202 g/mol. The molecule has 2 N–H and O–H groups in total. The quantitative estimate of drug-likeness (QED) is 0.830. The number of rotatable bonds is 3. The van der Waals surface area contributed by atoms with Crippen molar-refractivity contribution in [2.75, 3.05) is 0 Å². The van der Waals surface area contributed by atoms with Crippen molar-refractivity contribution >= 4 is 0 Å². The largest absolute Gasteiger partial charge is 0.327 e. The van der Waals surface area contributed by atoms with Gasteiger partial charge in [0.1, 0.15) is 0 Å². The predicted octanol–water partition coefficient (Wildman–Crippen LogP) is 0.887. The summed E-state index contributed by atoms with van der Waals surface area (Å²) in [5.41, 5.74) is 7.04. The Balaban J connectivity index is 2.17. The maximum Gasteiger partial charge on any atom is 0.327 e. The van der Waals surface area contributed by atoms with E-state index in [0.717, 1.165) is 5.56 Å². The second-order valence-corrected chi connectivity index (χ2v) is 3.86. The number of hydrogen-bond donors (Lipinski definition) is 1. The highest BCUT2D eigenvalue weighted by Gasteiger charge is 2.08. The van der Waals surface area contributed by atoms with Crippen molar-refractivity contribution in [3.05, 3.63) is 58.8 Å². The van der Waals surface area contributed by atoms with E-state index >= 15 is 0 Å². The van der Waals surface area contributed by atoms with Gasteiger partial charge < -0.3 is 10.3 Å². The lowest BCUT2D eigenvalue weighted by Crippen LogP contribution is -2.27. The van der Waals surface area contributed by atoms with Gasteiger partial charge in [-0.05, 0) is 5.56 Å². The fourth-order valence-electron chi connectivity index (χ4n) is 1.67. The minimum atomic E-state index is -0.152. The van der Waals surface area contributed by atoms with Crippen molar-refractivity contribution in [1.82, 2.24) is 9.13 Å². The molecule has 0 saturated carbocycles. The Kier molecular flexibility index (Phi) is 2.92. The molecule has 1 aromatic heterocycles. The third kappa shape index (κ3) is 2.06. The Morgan fingerprint density at radius 2 is 1.94 bits per heavy atom. The molecule has 0 radical (unpaired) electrons. The molecule has 1 aromatic carbocycles. The zero-order valence-corrected chi connectivity index (χ0v) is 9.21. The van der Waals surface area contributed by atoms with E-state index in [4.69, 9.17) is 5.73 Å². The molecule has 84 valence electrons. The fraction of sp³-hybridized carbons (Fsp3) is 0.250. The Hall–Kier alpha value is -1.81. The molecule has 0 spiro atoms. The fourth-order valence-corrected chi connectivity index (χ4v) is 1.67. The van der Waals surface area contributed by atoms with Crippen LogP contribution in [0.4, 0.5) is 0 Å². The summed E-state index contributed by atoms with van der Waals surface area (Å²) in [6.07, 6.45) is 3.49. The lowest BCUT2D eigenvalue weighted by atomic mass is 10.1. The summed E-state index contributed by atoms with van der Waals surface area (Å²) >= 11 is 0. The van der Waals surface area contributed by atoms with Gasteiger partial charge in [0, 0.05) is 32.0 Å². The maximum absolute atomic E-state index is 11.6. The summed E-state index contributed by atoms with van der Waals surface area (Å²) in [5, 5.41) is 0. The molecule has 0 saturated heterocycles. The average molecular weight is 217 g/mol. The second-order valence-electron chi connectivity index (χ2n) is 3.86. The van der Waals surface area contributed by atoms with Crippen LogP contribution in [0.15, 0.2) is 47.5 Å².